The van der Waals surface area contributed by atoms with Gasteiger partial charge >= 0.3 is 0 Å². The van der Waals surface area contributed by atoms with Crippen molar-refractivity contribution in [3.63, 3.8) is 0 Å². The van der Waals surface area contributed by atoms with E-state index in [2.05, 4.69) is 21.2 Å². The Labute approximate surface area is 175 Å². The standard InChI is InChI=1S/C19H17BrCl2N2O3/c20-16-7-13(22)5-6-15(16)19(27)24-10-14(25)8-17(24)18(26)23-9-11-1-3-12(21)4-2-11/h1-7,14,17,25H,8-10H2,(H,23,26). The van der Waals surface area contributed by atoms with E-state index in [0.29, 0.717) is 26.6 Å². The van der Waals surface area contributed by atoms with Gasteiger partial charge < -0.3 is 15.3 Å². The van der Waals surface area contributed by atoms with Gasteiger partial charge in [0.15, 0.2) is 0 Å². The van der Waals surface area contributed by atoms with Gasteiger partial charge in [0.2, 0.25) is 5.91 Å². The first kappa shape index (κ1) is 20.1. The summed E-state index contributed by atoms with van der Waals surface area (Å²) in [4.78, 5) is 26.9. The number of aliphatic hydroxyl groups is 1. The molecule has 0 aromatic heterocycles. The van der Waals surface area contributed by atoms with Crippen LogP contribution in [0, 0.1) is 0 Å². The second-order valence-electron chi connectivity index (χ2n) is 6.33. The van der Waals surface area contributed by atoms with Crippen molar-refractivity contribution in [2.45, 2.75) is 25.1 Å². The highest BCUT2D eigenvalue weighted by Crippen LogP contribution is 2.27. The maximum absolute atomic E-state index is 12.9. The Balaban J connectivity index is 1.72. The van der Waals surface area contributed by atoms with Crippen LogP contribution < -0.4 is 5.32 Å². The average molecular weight is 472 g/mol. The molecule has 0 aliphatic carbocycles. The summed E-state index contributed by atoms with van der Waals surface area (Å²) in [5.74, 6) is -0.637. The van der Waals surface area contributed by atoms with Gasteiger partial charge in [0.1, 0.15) is 6.04 Å². The molecule has 142 valence electrons. The SMILES string of the molecule is O=C(NCc1ccc(Cl)cc1)C1CC(O)CN1C(=O)c1ccc(Cl)cc1Br. The second kappa shape index (κ2) is 8.61. The van der Waals surface area contributed by atoms with E-state index in [1.165, 1.54) is 4.90 Å². The third-order valence-corrected chi connectivity index (χ3v) is 5.53. The van der Waals surface area contributed by atoms with Crippen molar-refractivity contribution in [2.75, 3.05) is 6.54 Å². The minimum absolute atomic E-state index is 0.104. The number of halogens is 3. The van der Waals surface area contributed by atoms with E-state index in [-0.39, 0.29) is 24.8 Å². The number of amides is 2. The van der Waals surface area contributed by atoms with Gasteiger partial charge in [0, 0.05) is 34.0 Å². The first-order chi connectivity index (χ1) is 12.8. The van der Waals surface area contributed by atoms with Crippen molar-refractivity contribution in [3.8, 4) is 0 Å². The third-order valence-electron chi connectivity index (χ3n) is 4.38. The zero-order chi connectivity index (χ0) is 19.6. The predicted molar refractivity (Wildman–Crippen MR) is 108 cm³/mol. The molecule has 1 aliphatic heterocycles. The largest absolute Gasteiger partial charge is 0.391 e. The van der Waals surface area contributed by atoms with E-state index in [4.69, 9.17) is 23.2 Å². The van der Waals surface area contributed by atoms with Gasteiger partial charge in [0.25, 0.3) is 5.91 Å². The molecule has 0 bridgehead atoms. The smallest absolute Gasteiger partial charge is 0.255 e. The van der Waals surface area contributed by atoms with E-state index < -0.39 is 12.1 Å². The lowest BCUT2D eigenvalue weighted by atomic mass is 10.1. The van der Waals surface area contributed by atoms with Crippen LogP contribution in [0.4, 0.5) is 0 Å². The molecule has 5 nitrogen and oxygen atoms in total. The molecule has 1 fully saturated rings. The number of hydrogen-bond acceptors (Lipinski definition) is 3. The van der Waals surface area contributed by atoms with Crippen LogP contribution in [0.5, 0.6) is 0 Å². The van der Waals surface area contributed by atoms with Crippen LogP contribution in [0.2, 0.25) is 10.0 Å². The Morgan fingerprint density at radius 3 is 2.48 bits per heavy atom. The molecule has 2 atom stereocenters. The number of aliphatic hydroxyl groups excluding tert-OH is 1. The molecule has 2 N–H and O–H groups in total. The minimum atomic E-state index is -0.744. The molecule has 1 saturated heterocycles. The highest BCUT2D eigenvalue weighted by atomic mass is 79.9. The number of hydrogen-bond donors (Lipinski definition) is 2. The van der Waals surface area contributed by atoms with E-state index in [0.717, 1.165) is 5.56 Å². The number of β-amino-alcohol motifs (C(OH)–C–C–N with tert-alkyl or cyclic N) is 1. The molecule has 2 aromatic carbocycles. The summed E-state index contributed by atoms with van der Waals surface area (Å²) in [6, 6.07) is 11.2. The van der Waals surface area contributed by atoms with Crippen molar-refractivity contribution < 1.29 is 14.7 Å². The Kier molecular flexibility index (Phi) is 6.42. The van der Waals surface area contributed by atoms with Crippen molar-refractivity contribution in [2.24, 2.45) is 0 Å². The summed E-state index contributed by atoms with van der Waals surface area (Å²) >= 11 is 15.1. The Bertz CT molecular complexity index is 861. The quantitative estimate of drug-likeness (QED) is 0.715. The minimum Gasteiger partial charge on any atom is -0.391 e. The van der Waals surface area contributed by atoms with Gasteiger partial charge in [-0.15, -0.1) is 0 Å². The van der Waals surface area contributed by atoms with Crippen molar-refractivity contribution in [1.82, 2.24) is 10.2 Å². The average Bonchev–Trinajstić information content (AvgIpc) is 3.02. The molecule has 2 unspecified atom stereocenters. The van der Waals surface area contributed by atoms with Gasteiger partial charge in [-0.3, -0.25) is 9.59 Å². The molecule has 0 radical (unpaired) electrons. The fourth-order valence-corrected chi connectivity index (χ4v) is 3.99. The Morgan fingerprint density at radius 1 is 1.15 bits per heavy atom. The molecule has 1 aliphatic rings. The fraction of sp³-hybridized carbons (Fsp3) is 0.263. The van der Waals surface area contributed by atoms with Crippen molar-refractivity contribution in [3.05, 3.63) is 68.1 Å². The third kappa shape index (κ3) is 4.82. The summed E-state index contributed by atoms with van der Waals surface area (Å²) in [6.07, 6.45) is -0.546. The lowest BCUT2D eigenvalue weighted by Crippen LogP contribution is -2.45. The van der Waals surface area contributed by atoms with Crippen LogP contribution in [0.15, 0.2) is 46.9 Å². The van der Waals surface area contributed by atoms with Crippen LogP contribution in [-0.4, -0.2) is 40.5 Å². The van der Waals surface area contributed by atoms with E-state index in [1.54, 1.807) is 30.3 Å². The van der Waals surface area contributed by atoms with Gasteiger partial charge in [-0.25, -0.2) is 0 Å². The first-order valence-electron chi connectivity index (χ1n) is 8.31. The van der Waals surface area contributed by atoms with E-state index in [1.807, 2.05) is 12.1 Å². The summed E-state index contributed by atoms with van der Waals surface area (Å²) < 4.78 is 0.543. The number of likely N-dealkylation sites (tertiary alicyclic amines) is 1. The highest BCUT2D eigenvalue weighted by Gasteiger charge is 2.39. The Morgan fingerprint density at radius 2 is 1.81 bits per heavy atom. The van der Waals surface area contributed by atoms with Gasteiger partial charge in [-0.05, 0) is 51.8 Å². The van der Waals surface area contributed by atoms with Crippen LogP contribution >= 0.6 is 39.1 Å². The molecule has 1 heterocycles. The normalized spacial score (nSPS) is 19.2. The lowest BCUT2D eigenvalue weighted by Gasteiger charge is -2.24. The summed E-state index contributed by atoms with van der Waals surface area (Å²) in [7, 11) is 0. The number of rotatable bonds is 4. The monoisotopic (exact) mass is 470 g/mol. The first-order valence-corrected chi connectivity index (χ1v) is 9.86. The molecular formula is C19H17BrCl2N2O3. The van der Waals surface area contributed by atoms with Gasteiger partial charge in [0.05, 0.1) is 11.7 Å². The summed E-state index contributed by atoms with van der Waals surface area (Å²) in [6.45, 7) is 0.419. The molecule has 0 saturated carbocycles. The van der Waals surface area contributed by atoms with Crippen LogP contribution in [0.25, 0.3) is 0 Å². The van der Waals surface area contributed by atoms with Crippen molar-refractivity contribution in [1.29, 1.82) is 0 Å². The molecule has 2 amide bonds. The number of benzene rings is 2. The van der Waals surface area contributed by atoms with Gasteiger partial charge in [-0.1, -0.05) is 35.3 Å². The molecule has 2 aromatic rings. The maximum Gasteiger partial charge on any atom is 0.255 e. The topological polar surface area (TPSA) is 69.6 Å². The predicted octanol–water partition coefficient (Wildman–Crippen LogP) is 3.65. The van der Waals surface area contributed by atoms with Crippen LogP contribution in [0.3, 0.4) is 0 Å². The number of carbonyl (C=O) groups excluding carboxylic acids is 2. The second-order valence-corrected chi connectivity index (χ2v) is 8.06. The Hall–Kier alpha value is -1.60. The molecule has 3 rings (SSSR count). The fourth-order valence-electron chi connectivity index (χ4n) is 3.01. The van der Waals surface area contributed by atoms with E-state index in [9.17, 15) is 14.7 Å². The van der Waals surface area contributed by atoms with Crippen molar-refractivity contribution >= 4 is 50.9 Å². The zero-order valence-electron chi connectivity index (χ0n) is 14.2. The highest BCUT2D eigenvalue weighted by molar-refractivity contribution is 9.10. The summed E-state index contributed by atoms with van der Waals surface area (Å²) in [5, 5.41) is 14.0. The van der Waals surface area contributed by atoms with Crippen LogP contribution in [-0.2, 0) is 11.3 Å². The number of carbonyl (C=O) groups is 2. The van der Waals surface area contributed by atoms with Crippen LogP contribution in [0.1, 0.15) is 22.3 Å². The summed E-state index contributed by atoms with van der Waals surface area (Å²) in [5.41, 5.74) is 1.29. The maximum atomic E-state index is 12.9. The number of nitrogens with one attached hydrogen (secondary N) is 1. The lowest BCUT2D eigenvalue weighted by molar-refractivity contribution is -0.125. The van der Waals surface area contributed by atoms with E-state index >= 15 is 0 Å². The molecular weight excluding hydrogens is 455 g/mol. The molecule has 0 spiro atoms. The van der Waals surface area contributed by atoms with Gasteiger partial charge in [-0.2, -0.15) is 0 Å². The molecule has 8 heteroatoms. The molecule has 27 heavy (non-hydrogen) atoms. The number of nitrogens with zero attached hydrogens (tertiary/aromatic N) is 1. The zero-order valence-corrected chi connectivity index (χ0v) is 17.3.